The van der Waals surface area contributed by atoms with Crippen LogP contribution in [0.3, 0.4) is 0 Å². The zero-order valence-electron chi connectivity index (χ0n) is 22.8. The van der Waals surface area contributed by atoms with Crippen molar-refractivity contribution in [1.29, 1.82) is 0 Å². The van der Waals surface area contributed by atoms with Crippen LogP contribution >= 0.6 is 0 Å². The Balaban J connectivity index is 0.000000221. The second-order valence-corrected chi connectivity index (χ2v) is 12.5. The van der Waals surface area contributed by atoms with Gasteiger partial charge in [-0.15, -0.1) is 0 Å². The van der Waals surface area contributed by atoms with Gasteiger partial charge < -0.3 is 9.29 Å². The average Bonchev–Trinajstić information content (AvgIpc) is 2.98. The van der Waals surface area contributed by atoms with E-state index in [4.69, 9.17) is 4.74 Å². The van der Waals surface area contributed by atoms with E-state index in [0.29, 0.717) is 6.61 Å². The molecule has 0 aliphatic heterocycles. The minimum Gasteiger partial charge on any atom is -0.744 e. The van der Waals surface area contributed by atoms with Gasteiger partial charge >= 0.3 is 5.97 Å². The molecule has 4 rings (SSSR count). The first-order chi connectivity index (χ1) is 19.4. The summed E-state index contributed by atoms with van der Waals surface area (Å²) in [5.41, 5.74) is 0.244. The predicted molar refractivity (Wildman–Crippen MR) is 160 cm³/mol. The van der Waals surface area contributed by atoms with Crippen LogP contribution < -0.4 is 0 Å². The highest BCUT2D eigenvalue weighted by molar-refractivity contribution is 7.97. The molecule has 0 heterocycles. The topological polar surface area (TPSA) is 83.5 Å². The largest absolute Gasteiger partial charge is 0.744 e. The molecule has 0 aliphatic rings. The molecule has 0 saturated heterocycles. The van der Waals surface area contributed by atoms with Gasteiger partial charge in [0.15, 0.2) is 14.7 Å². The van der Waals surface area contributed by atoms with Gasteiger partial charge in [0.2, 0.25) is 0 Å². The predicted octanol–water partition coefficient (Wildman–Crippen LogP) is 7.89. The summed E-state index contributed by atoms with van der Waals surface area (Å²) in [6.45, 7) is 2.51. The Morgan fingerprint density at radius 2 is 1.07 bits per heavy atom. The van der Waals surface area contributed by atoms with Gasteiger partial charge in [0.1, 0.15) is 10.1 Å². The first kappa shape index (κ1) is 31.1. The molecule has 0 radical (unpaired) electrons. The van der Waals surface area contributed by atoms with Gasteiger partial charge in [-0.2, -0.15) is 0 Å². The molecule has 40 heavy (non-hydrogen) atoms. The van der Waals surface area contributed by atoms with E-state index in [1.165, 1.54) is 46.1 Å². The number of esters is 1. The highest BCUT2D eigenvalue weighted by Gasteiger charge is 2.27. The molecule has 0 atom stereocenters. The van der Waals surface area contributed by atoms with E-state index in [-0.39, 0.29) is 21.4 Å². The van der Waals surface area contributed by atoms with Crippen molar-refractivity contribution < 1.29 is 22.5 Å². The van der Waals surface area contributed by atoms with Gasteiger partial charge in [-0.25, -0.2) is 13.2 Å². The fourth-order valence-electron chi connectivity index (χ4n) is 3.97. The van der Waals surface area contributed by atoms with Crippen molar-refractivity contribution in [3.63, 3.8) is 0 Å². The molecular weight excluding hydrogens is 540 g/mol. The maximum atomic E-state index is 11.7. The van der Waals surface area contributed by atoms with Crippen LogP contribution in [0.5, 0.6) is 0 Å². The van der Waals surface area contributed by atoms with Crippen molar-refractivity contribution in [1.82, 2.24) is 0 Å². The molecule has 210 valence electrons. The molecule has 0 unspecified atom stereocenters. The Kier molecular flexibility index (Phi) is 13.0. The van der Waals surface area contributed by atoms with Gasteiger partial charge in [-0.3, -0.25) is 0 Å². The highest BCUT2D eigenvalue weighted by atomic mass is 32.2. The number of carbonyl (C=O) groups excluding carboxylic acids is 1. The van der Waals surface area contributed by atoms with Crippen molar-refractivity contribution in [3.05, 3.63) is 121 Å². The van der Waals surface area contributed by atoms with Crippen molar-refractivity contribution in [2.75, 3.05) is 6.61 Å². The third-order valence-electron chi connectivity index (χ3n) is 6.05. The summed E-state index contributed by atoms with van der Waals surface area (Å²) in [7, 11) is -4.49. The number of hydrogen-bond acceptors (Lipinski definition) is 5. The average molecular weight is 577 g/mol. The number of rotatable bonds is 12. The van der Waals surface area contributed by atoms with Crippen molar-refractivity contribution in [2.45, 2.75) is 65.0 Å². The molecule has 0 amide bonds. The van der Waals surface area contributed by atoms with Crippen molar-refractivity contribution in [2.24, 2.45) is 0 Å². The minimum atomic E-state index is -4.48. The van der Waals surface area contributed by atoms with E-state index in [2.05, 4.69) is 97.9 Å². The third kappa shape index (κ3) is 10.3. The van der Waals surface area contributed by atoms with Crippen LogP contribution in [-0.2, 0) is 25.7 Å². The van der Waals surface area contributed by atoms with Gasteiger partial charge in [-0.05, 0) is 67.1 Å². The summed E-state index contributed by atoms with van der Waals surface area (Å²) in [6, 6.07) is 37.0. The van der Waals surface area contributed by atoms with E-state index in [0.717, 1.165) is 31.4 Å². The number of benzene rings is 4. The monoisotopic (exact) mass is 576 g/mol. The highest BCUT2D eigenvalue weighted by Crippen LogP contribution is 2.30. The van der Waals surface area contributed by atoms with E-state index in [1.54, 1.807) is 0 Å². The molecule has 0 fully saturated rings. The molecule has 0 aliphatic carbocycles. The number of hydrogen-bond donors (Lipinski definition) is 0. The van der Waals surface area contributed by atoms with Crippen LogP contribution in [0.1, 0.15) is 55.8 Å². The van der Waals surface area contributed by atoms with E-state index >= 15 is 0 Å². The summed E-state index contributed by atoms with van der Waals surface area (Å²) < 4.78 is 37.4. The second-order valence-electron chi connectivity index (χ2n) is 9.13. The lowest BCUT2D eigenvalue weighted by molar-refractivity contribution is 0.0497. The molecule has 0 spiro atoms. The fourth-order valence-corrected chi connectivity index (χ4v) is 6.54. The van der Waals surface area contributed by atoms with Gasteiger partial charge in [-0.1, -0.05) is 93.6 Å². The van der Waals surface area contributed by atoms with E-state index < -0.39 is 16.1 Å². The lowest BCUT2D eigenvalue weighted by Crippen LogP contribution is -2.07. The Morgan fingerprint density at radius 3 is 1.50 bits per heavy atom. The van der Waals surface area contributed by atoms with Crippen LogP contribution in [0.15, 0.2) is 135 Å². The second kappa shape index (κ2) is 16.7. The van der Waals surface area contributed by atoms with Crippen LogP contribution in [0.2, 0.25) is 0 Å². The number of unbranched alkanes of at least 4 members (excludes halogenated alkanes) is 5. The van der Waals surface area contributed by atoms with Gasteiger partial charge in [0, 0.05) is 0 Å². The molecule has 0 N–H and O–H groups in total. The summed E-state index contributed by atoms with van der Waals surface area (Å²) in [6.07, 6.45) is 6.62. The van der Waals surface area contributed by atoms with Crippen LogP contribution in [0.25, 0.3) is 0 Å². The molecule has 4 aromatic rings. The number of carbonyl (C=O) groups is 1. The maximum Gasteiger partial charge on any atom is 0.338 e. The normalized spacial score (nSPS) is 11.0. The smallest absolute Gasteiger partial charge is 0.338 e. The third-order valence-corrected chi connectivity index (χ3v) is 9.13. The molecule has 5 nitrogen and oxygen atoms in total. The standard InChI is InChI=1S/C18H15S.C15H22O5S/c1-4-10-16(11-5-1)19(17-12-6-2-7-13-17)18-14-8-3-9-15-18;1-2-3-4-5-6-7-12-20-15(16)13-8-10-14(11-9-13)21(17,18)19/h1-15H;8-11H,2-7,12H2,1H3,(H,17,18,19)/q+1;/p-1. The first-order valence-electron chi connectivity index (χ1n) is 13.5. The summed E-state index contributed by atoms with van der Waals surface area (Å²) in [5, 5.41) is 0. The lowest BCUT2D eigenvalue weighted by Gasteiger charge is -2.08. The van der Waals surface area contributed by atoms with E-state index in [1.807, 2.05) is 0 Å². The zero-order valence-corrected chi connectivity index (χ0v) is 24.4. The van der Waals surface area contributed by atoms with Crippen molar-refractivity contribution >= 4 is 27.0 Å². The summed E-state index contributed by atoms with van der Waals surface area (Å²) >= 11 is 0. The van der Waals surface area contributed by atoms with Crippen LogP contribution in [0, 0.1) is 0 Å². The lowest BCUT2D eigenvalue weighted by atomic mass is 10.1. The van der Waals surface area contributed by atoms with Crippen LogP contribution in [0.4, 0.5) is 0 Å². The van der Waals surface area contributed by atoms with Crippen molar-refractivity contribution in [3.8, 4) is 0 Å². The quantitative estimate of drug-likeness (QED) is 0.0741. The molecule has 7 heteroatoms. The molecule has 0 aromatic heterocycles. The Labute approximate surface area is 241 Å². The molecule has 4 aromatic carbocycles. The Bertz CT molecular complexity index is 1280. The Hall–Kier alpha value is -3.39. The summed E-state index contributed by atoms with van der Waals surface area (Å²) in [4.78, 5) is 15.4. The van der Waals surface area contributed by atoms with Crippen LogP contribution in [-0.4, -0.2) is 25.5 Å². The molecule has 0 saturated carbocycles. The summed E-state index contributed by atoms with van der Waals surface area (Å²) in [5.74, 6) is -0.501. The first-order valence-corrected chi connectivity index (χ1v) is 16.2. The zero-order chi connectivity index (χ0) is 28.6. The van der Waals surface area contributed by atoms with Gasteiger partial charge in [0.25, 0.3) is 0 Å². The maximum absolute atomic E-state index is 11.7. The fraction of sp³-hybridized carbons (Fsp3) is 0.242. The SMILES string of the molecule is CCCCCCCCOC(=O)c1ccc(S(=O)(=O)[O-])cc1.c1ccc([S+](c2ccccc2)c2ccccc2)cc1. The molecular formula is C33H36O5S2. The molecule has 0 bridgehead atoms. The van der Waals surface area contributed by atoms with Gasteiger partial charge in [0.05, 0.1) is 28.0 Å². The van der Waals surface area contributed by atoms with E-state index in [9.17, 15) is 17.8 Å². The minimum absolute atomic E-state index is 0.0146. The Morgan fingerprint density at radius 1 is 0.650 bits per heavy atom. The number of ether oxygens (including phenoxy) is 1.